The second-order valence-corrected chi connectivity index (χ2v) is 5.75. The Morgan fingerprint density at radius 2 is 1.59 bits per heavy atom. The second kappa shape index (κ2) is 13.5. The molecule has 2 unspecified atom stereocenters. The summed E-state index contributed by atoms with van der Waals surface area (Å²) in [7, 11) is 0.390. The van der Waals surface area contributed by atoms with E-state index in [2.05, 4.69) is 0 Å². The zero-order valence-electron chi connectivity index (χ0n) is 15.7. The van der Waals surface area contributed by atoms with Gasteiger partial charge >= 0.3 is 26.6 Å². The van der Waals surface area contributed by atoms with Crippen LogP contribution in [0.2, 0.25) is 0 Å². The van der Waals surface area contributed by atoms with Gasteiger partial charge in [-0.05, 0) is 6.92 Å². The fourth-order valence-corrected chi connectivity index (χ4v) is 2.30. The van der Waals surface area contributed by atoms with Gasteiger partial charge in [0.15, 0.2) is 12.3 Å². The molecule has 0 heterocycles. The van der Waals surface area contributed by atoms with Gasteiger partial charge in [-0.3, -0.25) is 18.9 Å². The molecule has 0 rings (SSSR count). The number of hydrogen-bond acceptors (Lipinski definition) is 10. The highest BCUT2D eigenvalue weighted by atomic mass is 31.1. The van der Waals surface area contributed by atoms with Crippen molar-refractivity contribution in [2.75, 3.05) is 20.3 Å². The Balaban J connectivity index is 5.50. The average molecular weight is 414 g/mol. The van der Waals surface area contributed by atoms with Crippen LogP contribution in [-0.2, 0) is 47.2 Å². The van der Waals surface area contributed by atoms with E-state index in [0.29, 0.717) is 0 Å². The van der Waals surface area contributed by atoms with Crippen LogP contribution >= 0.6 is 8.69 Å². The quantitative estimate of drug-likeness (QED) is 0.189. The second-order valence-electron chi connectivity index (χ2n) is 5.39. The van der Waals surface area contributed by atoms with Gasteiger partial charge in [-0.15, -0.1) is 0 Å². The molecular weight excluding hydrogens is 390 g/mol. The van der Waals surface area contributed by atoms with Gasteiger partial charge < -0.3 is 23.7 Å². The zero-order valence-corrected chi connectivity index (χ0v) is 16.6. The first-order valence-electron chi connectivity index (χ1n) is 7.87. The van der Waals surface area contributed by atoms with Crippen molar-refractivity contribution in [2.45, 2.75) is 58.5 Å². The van der Waals surface area contributed by atoms with Crippen molar-refractivity contribution in [1.29, 1.82) is 0 Å². The molecule has 0 bridgehead atoms. The van der Waals surface area contributed by atoms with E-state index in [1.54, 1.807) is 0 Å². The van der Waals surface area contributed by atoms with Crippen molar-refractivity contribution in [2.24, 2.45) is 0 Å². The van der Waals surface area contributed by atoms with E-state index in [9.17, 15) is 23.3 Å². The Hall–Kier alpha value is -1.68. The average Bonchev–Trinajstić information content (AvgIpc) is 2.54. The molecule has 27 heavy (non-hydrogen) atoms. The topological polar surface area (TPSA) is 124 Å². The minimum absolute atomic E-state index is 0.403. The molecule has 0 aromatic carbocycles. The summed E-state index contributed by atoms with van der Waals surface area (Å²) in [6.45, 7) is 3.80. The van der Waals surface area contributed by atoms with Crippen LogP contribution in [0.25, 0.3) is 0 Å². The Kier molecular flexibility index (Phi) is 12.6. The molecule has 12 heteroatoms. The number of rotatable bonds is 13. The fraction of sp³-hybridized carbons (Fsp3) is 0.800. The van der Waals surface area contributed by atoms with Crippen molar-refractivity contribution in [1.82, 2.24) is 0 Å². The lowest BCUT2D eigenvalue weighted by molar-refractivity contribution is -0.227. The molecule has 0 aromatic rings. The standard InChI is InChI=1S/C15H24FO10P/c1-8(23-10(3)18)14(12(16)6-21-5)25-15(26-27-20)13(24-11(4)19)7-22-9(2)17/h8,12-15H,6-7H2,1-5H3/t8-,12-,13+,14?,15?/m0/s1. The van der Waals surface area contributed by atoms with Crippen LogP contribution < -0.4 is 0 Å². The predicted octanol–water partition coefficient (Wildman–Crippen LogP) is 1.35. The minimum Gasteiger partial charge on any atom is -0.462 e. The van der Waals surface area contributed by atoms with Gasteiger partial charge in [0.1, 0.15) is 18.8 Å². The summed E-state index contributed by atoms with van der Waals surface area (Å²) < 4.78 is 55.0. The molecule has 5 atom stereocenters. The first-order valence-corrected chi connectivity index (χ1v) is 8.60. The number of ether oxygens (including phenoxy) is 5. The number of halogens is 1. The summed E-state index contributed by atoms with van der Waals surface area (Å²) in [5, 5.41) is 0. The van der Waals surface area contributed by atoms with Gasteiger partial charge in [0.25, 0.3) is 0 Å². The van der Waals surface area contributed by atoms with Crippen molar-refractivity contribution < 1.29 is 51.5 Å². The molecule has 0 saturated carbocycles. The molecule has 0 fully saturated rings. The van der Waals surface area contributed by atoms with Crippen LogP contribution in [0.4, 0.5) is 4.39 Å². The third kappa shape index (κ3) is 10.9. The van der Waals surface area contributed by atoms with Crippen LogP contribution in [0.5, 0.6) is 0 Å². The molecule has 0 aromatic heterocycles. The van der Waals surface area contributed by atoms with E-state index in [-0.39, 0.29) is 0 Å². The third-order valence-corrected chi connectivity index (χ3v) is 3.30. The first kappa shape index (κ1) is 25.3. The highest BCUT2D eigenvalue weighted by molar-refractivity contribution is 7.17. The number of esters is 3. The monoisotopic (exact) mass is 414 g/mol. The smallest absolute Gasteiger partial charge is 0.330 e. The molecular formula is C15H24FO10P. The van der Waals surface area contributed by atoms with Crippen molar-refractivity contribution in [3.63, 3.8) is 0 Å². The summed E-state index contributed by atoms with van der Waals surface area (Å²) in [4.78, 5) is 33.5. The summed E-state index contributed by atoms with van der Waals surface area (Å²) in [5.74, 6) is -2.14. The Bertz CT molecular complexity index is 503. The van der Waals surface area contributed by atoms with Crippen LogP contribution in [-0.4, -0.2) is 69.0 Å². The molecule has 0 amide bonds. The maximum Gasteiger partial charge on any atom is 0.330 e. The zero-order chi connectivity index (χ0) is 21.0. The van der Waals surface area contributed by atoms with E-state index >= 15 is 0 Å². The van der Waals surface area contributed by atoms with E-state index in [1.807, 2.05) is 0 Å². The Labute approximate surface area is 157 Å². The number of carbonyl (C=O) groups is 3. The molecule has 0 saturated heterocycles. The van der Waals surface area contributed by atoms with E-state index in [0.717, 1.165) is 20.8 Å². The van der Waals surface area contributed by atoms with Gasteiger partial charge in [-0.2, -0.15) is 0 Å². The fourth-order valence-electron chi connectivity index (χ4n) is 2.03. The number of methoxy groups -OCH3 is 1. The van der Waals surface area contributed by atoms with E-state index < -0.39 is 70.6 Å². The van der Waals surface area contributed by atoms with Crippen molar-refractivity contribution in [3.8, 4) is 0 Å². The number of carbonyl (C=O) groups excluding carboxylic acids is 3. The molecule has 156 valence electrons. The SMILES string of the molecule is COC[C@H](F)C(OC(OP=O)[C@@H](COC(C)=O)OC(C)=O)[C@H](C)OC(C)=O. The summed E-state index contributed by atoms with van der Waals surface area (Å²) in [6, 6.07) is 0. The first-order chi connectivity index (χ1) is 12.6. The lowest BCUT2D eigenvalue weighted by Gasteiger charge is -2.32. The molecule has 10 nitrogen and oxygen atoms in total. The van der Waals surface area contributed by atoms with Crippen molar-refractivity contribution in [3.05, 3.63) is 0 Å². The highest BCUT2D eigenvalue weighted by Gasteiger charge is 2.37. The van der Waals surface area contributed by atoms with Crippen LogP contribution in [0, 0.1) is 0 Å². The summed E-state index contributed by atoms with van der Waals surface area (Å²) in [5.41, 5.74) is 0. The van der Waals surface area contributed by atoms with Crippen LogP contribution in [0.15, 0.2) is 0 Å². The molecule has 0 N–H and O–H groups in total. The van der Waals surface area contributed by atoms with Gasteiger partial charge in [0, 0.05) is 27.9 Å². The number of hydrogen-bond donors (Lipinski definition) is 0. The van der Waals surface area contributed by atoms with Crippen LogP contribution in [0.1, 0.15) is 27.7 Å². The van der Waals surface area contributed by atoms with Gasteiger partial charge in [0.2, 0.25) is 6.29 Å². The minimum atomic E-state index is -1.77. The Morgan fingerprint density at radius 3 is 2.04 bits per heavy atom. The van der Waals surface area contributed by atoms with Gasteiger partial charge in [0.05, 0.1) is 6.61 Å². The maximum absolute atomic E-state index is 14.4. The molecule has 0 spiro atoms. The van der Waals surface area contributed by atoms with Gasteiger partial charge in [-0.1, -0.05) is 0 Å². The lowest BCUT2D eigenvalue weighted by atomic mass is 10.1. The van der Waals surface area contributed by atoms with E-state index in [1.165, 1.54) is 14.0 Å². The molecule has 0 aliphatic carbocycles. The van der Waals surface area contributed by atoms with Crippen molar-refractivity contribution >= 4 is 26.6 Å². The highest BCUT2D eigenvalue weighted by Crippen LogP contribution is 2.21. The van der Waals surface area contributed by atoms with Crippen LogP contribution in [0.3, 0.4) is 0 Å². The largest absolute Gasteiger partial charge is 0.462 e. The normalized spacial score (nSPS) is 16.7. The van der Waals surface area contributed by atoms with E-state index in [4.69, 9.17) is 28.2 Å². The predicted molar refractivity (Wildman–Crippen MR) is 87.5 cm³/mol. The third-order valence-electron chi connectivity index (χ3n) is 3.01. The Morgan fingerprint density at radius 1 is 1.00 bits per heavy atom. The van der Waals surface area contributed by atoms with Gasteiger partial charge in [-0.25, -0.2) is 8.96 Å². The lowest BCUT2D eigenvalue weighted by Crippen LogP contribution is -2.47. The molecule has 0 aliphatic heterocycles. The molecule has 0 aliphatic rings. The summed E-state index contributed by atoms with van der Waals surface area (Å²) in [6.07, 6.45) is -7.23. The summed E-state index contributed by atoms with van der Waals surface area (Å²) >= 11 is 0. The number of alkyl halides is 1. The molecule has 0 radical (unpaired) electrons. The maximum atomic E-state index is 14.4.